The Labute approximate surface area is 179 Å². The molecule has 1 fully saturated rings. The molecule has 2 aromatic rings. The number of nitrogens with one attached hydrogen (secondary N) is 1. The molecule has 4 rings (SSSR count). The first-order valence-electron chi connectivity index (χ1n) is 10.1. The molecule has 0 spiro atoms. The Kier molecular flexibility index (Phi) is 6.13. The summed E-state index contributed by atoms with van der Waals surface area (Å²) in [7, 11) is 0. The monoisotopic (exact) mass is 425 g/mol. The molecule has 1 saturated heterocycles. The number of halogens is 1. The maximum Gasteiger partial charge on any atom is 0.267 e. The lowest BCUT2D eigenvalue weighted by Gasteiger charge is -2.28. The van der Waals surface area contributed by atoms with Gasteiger partial charge >= 0.3 is 0 Å². The second-order valence-corrected chi connectivity index (χ2v) is 7.44. The molecule has 2 aromatic carbocycles. The van der Waals surface area contributed by atoms with Crippen LogP contribution in [0.4, 0.5) is 15.8 Å². The zero-order chi connectivity index (χ0) is 21.8. The van der Waals surface area contributed by atoms with Gasteiger partial charge in [0.1, 0.15) is 17.6 Å². The third-order valence-corrected chi connectivity index (χ3v) is 5.36. The van der Waals surface area contributed by atoms with E-state index in [0.29, 0.717) is 12.2 Å². The molecule has 0 saturated carbocycles. The van der Waals surface area contributed by atoms with Crippen molar-refractivity contribution < 1.29 is 18.7 Å². The fourth-order valence-electron chi connectivity index (χ4n) is 3.63. The molecule has 162 valence electrons. The molecule has 8 nitrogen and oxygen atoms in total. The molecular formula is C22H24FN5O3. The molecule has 2 aliphatic heterocycles. The zero-order valence-electron chi connectivity index (χ0n) is 17.0. The van der Waals surface area contributed by atoms with Crippen LogP contribution in [0.5, 0.6) is 0 Å². The smallest absolute Gasteiger partial charge is 0.267 e. The highest BCUT2D eigenvalue weighted by Gasteiger charge is 2.34. The number of hydrazone groups is 1. The van der Waals surface area contributed by atoms with Gasteiger partial charge in [-0.3, -0.25) is 14.6 Å². The van der Waals surface area contributed by atoms with Crippen LogP contribution in [-0.2, 0) is 20.9 Å². The molecular weight excluding hydrogens is 401 g/mol. The highest BCUT2D eigenvalue weighted by molar-refractivity contribution is 6.40. The summed E-state index contributed by atoms with van der Waals surface area (Å²) in [6, 6.07) is 12.7. The van der Waals surface area contributed by atoms with Gasteiger partial charge in [0.25, 0.3) is 5.91 Å². The highest BCUT2D eigenvalue weighted by atomic mass is 19.1. The van der Waals surface area contributed by atoms with Crippen LogP contribution < -0.4 is 21.0 Å². The predicted molar refractivity (Wildman–Crippen MR) is 115 cm³/mol. The molecule has 0 bridgehead atoms. The number of morpholine rings is 1. The number of nitrogens with zero attached hydrogens (tertiary/aromatic N) is 3. The van der Waals surface area contributed by atoms with Crippen LogP contribution in [0.15, 0.2) is 53.6 Å². The van der Waals surface area contributed by atoms with E-state index in [2.05, 4.69) is 15.3 Å². The summed E-state index contributed by atoms with van der Waals surface area (Å²) in [6.07, 6.45) is 0.0918. The summed E-state index contributed by atoms with van der Waals surface area (Å²) in [5.74, 6) is -1.37. The summed E-state index contributed by atoms with van der Waals surface area (Å²) in [6.45, 7) is 3.50. The molecule has 2 amide bonds. The van der Waals surface area contributed by atoms with Crippen LogP contribution in [0.3, 0.4) is 0 Å². The van der Waals surface area contributed by atoms with E-state index < -0.39 is 17.8 Å². The SMILES string of the molecule is NC(=O)C1CC(C(=O)NCc2ccc(N3CCOCC3)cc2)=NN1c1ccc(F)cc1. The number of anilines is 2. The molecule has 1 unspecified atom stereocenters. The van der Waals surface area contributed by atoms with Gasteiger partial charge in [0, 0.05) is 31.7 Å². The molecule has 2 heterocycles. The Morgan fingerprint density at radius 3 is 2.35 bits per heavy atom. The predicted octanol–water partition coefficient (Wildman–Crippen LogP) is 1.40. The highest BCUT2D eigenvalue weighted by Crippen LogP contribution is 2.25. The van der Waals surface area contributed by atoms with Crippen molar-refractivity contribution in [1.29, 1.82) is 0 Å². The van der Waals surface area contributed by atoms with E-state index in [1.807, 2.05) is 24.3 Å². The summed E-state index contributed by atoms with van der Waals surface area (Å²) in [4.78, 5) is 26.7. The lowest BCUT2D eigenvalue weighted by Crippen LogP contribution is -2.39. The number of hydrogen-bond donors (Lipinski definition) is 2. The number of benzene rings is 2. The van der Waals surface area contributed by atoms with Gasteiger partial charge in [-0.25, -0.2) is 4.39 Å². The number of rotatable bonds is 6. The molecule has 31 heavy (non-hydrogen) atoms. The van der Waals surface area contributed by atoms with E-state index in [0.717, 1.165) is 37.6 Å². The van der Waals surface area contributed by atoms with E-state index in [1.165, 1.54) is 29.3 Å². The van der Waals surface area contributed by atoms with E-state index in [4.69, 9.17) is 10.5 Å². The third-order valence-electron chi connectivity index (χ3n) is 5.36. The van der Waals surface area contributed by atoms with Gasteiger partial charge in [-0.05, 0) is 42.0 Å². The molecule has 0 aliphatic carbocycles. The van der Waals surface area contributed by atoms with Crippen LogP contribution >= 0.6 is 0 Å². The Balaban J connectivity index is 1.39. The van der Waals surface area contributed by atoms with Crippen molar-refractivity contribution in [3.63, 3.8) is 0 Å². The number of hydrogen-bond acceptors (Lipinski definition) is 6. The lowest BCUT2D eigenvalue weighted by atomic mass is 10.1. The van der Waals surface area contributed by atoms with Gasteiger partial charge in [-0.1, -0.05) is 12.1 Å². The topological polar surface area (TPSA) is 100 Å². The van der Waals surface area contributed by atoms with Crippen LogP contribution in [0, 0.1) is 5.82 Å². The molecule has 3 N–H and O–H groups in total. The van der Waals surface area contributed by atoms with Crippen molar-refractivity contribution >= 4 is 28.9 Å². The molecule has 0 radical (unpaired) electrons. The average molecular weight is 425 g/mol. The van der Waals surface area contributed by atoms with Gasteiger partial charge in [-0.2, -0.15) is 5.10 Å². The van der Waals surface area contributed by atoms with Crippen LogP contribution in [0.25, 0.3) is 0 Å². The Morgan fingerprint density at radius 1 is 1.06 bits per heavy atom. The van der Waals surface area contributed by atoms with Crippen molar-refractivity contribution in [2.75, 3.05) is 36.2 Å². The second kappa shape index (κ2) is 9.13. The fraction of sp³-hybridized carbons (Fsp3) is 0.318. The first kappa shape index (κ1) is 20.8. The number of amides is 2. The number of nitrogens with two attached hydrogens (primary N) is 1. The van der Waals surface area contributed by atoms with Gasteiger partial charge < -0.3 is 20.7 Å². The standard InChI is InChI=1S/C22H24FN5O3/c23-16-3-7-18(8-4-16)28-20(21(24)29)13-19(26-28)22(30)25-14-15-1-5-17(6-2-15)27-9-11-31-12-10-27/h1-8,20H,9-14H2,(H2,24,29)(H,25,30). The minimum atomic E-state index is -0.793. The maximum absolute atomic E-state index is 13.2. The quantitative estimate of drug-likeness (QED) is 0.729. The molecule has 2 aliphatic rings. The first-order chi connectivity index (χ1) is 15.0. The van der Waals surface area contributed by atoms with Gasteiger partial charge in [-0.15, -0.1) is 0 Å². The van der Waals surface area contributed by atoms with Gasteiger partial charge in [0.2, 0.25) is 5.91 Å². The number of carbonyl (C=O) groups excluding carboxylic acids is 2. The maximum atomic E-state index is 13.2. The van der Waals surface area contributed by atoms with Crippen molar-refractivity contribution in [2.45, 2.75) is 19.0 Å². The molecule has 1 atom stereocenters. The summed E-state index contributed by atoms with van der Waals surface area (Å²) in [5, 5.41) is 8.48. The number of ether oxygens (including phenoxy) is 1. The lowest BCUT2D eigenvalue weighted by molar-refractivity contribution is -0.119. The van der Waals surface area contributed by atoms with E-state index >= 15 is 0 Å². The molecule has 9 heteroatoms. The van der Waals surface area contributed by atoms with Crippen molar-refractivity contribution in [2.24, 2.45) is 10.8 Å². The Bertz CT molecular complexity index is 972. The molecule has 0 aromatic heterocycles. The van der Waals surface area contributed by atoms with Crippen molar-refractivity contribution in [3.8, 4) is 0 Å². The Hall–Kier alpha value is -3.46. The van der Waals surface area contributed by atoms with E-state index in [1.54, 1.807) is 0 Å². The minimum absolute atomic E-state index is 0.0918. The number of primary amides is 1. The van der Waals surface area contributed by atoms with Crippen molar-refractivity contribution in [3.05, 3.63) is 59.9 Å². The third kappa shape index (κ3) is 4.83. The Morgan fingerprint density at radius 2 is 1.71 bits per heavy atom. The number of carbonyl (C=O) groups is 2. The van der Waals surface area contributed by atoms with E-state index in [-0.39, 0.29) is 18.0 Å². The van der Waals surface area contributed by atoms with Gasteiger partial charge in [0.15, 0.2) is 0 Å². The zero-order valence-corrected chi connectivity index (χ0v) is 17.0. The second-order valence-electron chi connectivity index (χ2n) is 7.44. The minimum Gasteiger partial charge on any atom is -0.378 e. The largest absolute Gasteiger partial charge is 0.378 e. The summed E-state index contributed by atoms with van der Waals surface area (Å²) < 4.78 is 18.6. The fourth-order valence-corrected chi connectivity index (χ4v) is 3.63. The van der Waals surface area contributed by atoms with Gasteiger partial charge in [0.05, 0.1) is 18.9 Å². The van der Waals surface area contributed by atoms with Crippen LogP contribution in [0.2, 0.25) is 0 Å². The van der Waals surface area contributed by atoms with Crippen molar-refractivity contribution in [1.82, 2.24) is 5.32 Å². The van der Waals surface area contributed by atoms with Crippen LogP contribution in [0.1, 0.15) is 12.0 Å². The van der Waals surface area contributed by atoms with Crippen LogP contribution in [-0.4, -0.2) is 49.9 Å². The first-order valence-corrected chi connectivity index (χ1v) is 10.1. The van der Waals surface area contributed by atoms with E-state index in [9.17, 15) is 14.0 Å². The normalized spacial score (nSPS) is 18.6. The average Bonchev–Trinajstić information content (AvgIpc) is 3.25. The summed E-state index contributed by atoms with van der Waals surface area (Å²) >= 11 is 0. The summed E-state index contributed by atoms with van der Waals surface area (Å²) in [5.41, 5.74) is 8.26.